The fourth-order valence-electron chi connectivity index (χ4n) is 4.00. The third kappa shape index (κ3) is 4.29. The molecular weight excluding hydrogens is 466 g/mol. The molecule has 0 aliphatic carbocycles. The zero-order valence-electron chi connectivity index (χ0n) is 18.2. The van der Waals surface area contributed by atoms with Gasteiger partial charge in [-0.15, -0.1) is 0 Å². The molecule has 4 aromatic rings. The third-order valence-corrected chi connectivity index (χ3v) is 6.00. The van der Waals surface area contributed by atoms with E-state index < -0.39 is 35.2 Å². The van der Waals surface area contributed by atoms with E-state index in [4.69, 9.17) is 11.6 Å². The van der Waals surface area contributed by atoms with Crippen LogP contribution in [-0.4, -0.2) is 42.0 Å². The van der Waals surface area contributed by atoms with Crippen LogP contribution in [0, 0.1) is 18.6 Å². The Bertz CT molecular complexity index is 1300. The van der Waals surface area contributed by atoms with Gasteiger partial charge in [-0.05, 0) is 37.6 Å². The van der Waals surface area contributed by atoms with Crippen molar-refractivity contribution in [1.29, 1.82) is 0 Å². The Morgan fingerprint density at radius 2 is 1.97 bits per heavy atom. The molecule has 0 spiro atoms. The average molecular weight is 487 g/mol. The Labute approximate surface area is 198 Å². The van der Waals surface area contributed by atoms with Crippen molar-refractivity contribution in [3.05, 3.63) is 100 Å². The molecule has 4 rings (SSSR count). The van der Waals surface area contributed by atoms with Gasteiger partial charge in [-0.3, -0.25) is 9.89 Å². The minimum Gasteiger partial charge on any atom is -0.380 e. The second-order valence-corrected chi connectivity index (χ2v) is 8.32. The first-order valence-corrected chi connectivity index (χ1v) is 10.7. The number of halogens is 3. The van der Waals surface area contributed by atoms with E-state index in [0.29, 0.717) is 22.3 Å². The number of nitrogens with one attached hydrogen (secondary N) is 2. The Morgan fingerprint density at radius 3 is 2.56 bits per heavy atom. The van der Waals surface area contributed by atoms with Crippen molar-refractivity contribution in [3.63, 3.8) is 0 Å². The van der Waals surface area contributed by atoms with Crippen LogP contribution in [-0.2, 0) is 5.60 Å². The summed E-state index contributed by atoms with van der Waals surface area (Å²) in [5.41, 5.74) is -1.10. The molecule has 3 atom stereocenters. The summed E-state index contributed by atoms with van der Waals surface area (Å²) < 4.78 is 30.3. The van der Waals surface area contributed by atoms with Gasteiger partial charge in [0.05, 0.1) is 17.8 Å². The van der Waals surface area contributed by atoms with E-state index in [0.717, 1.165) is 12.1 Å². The summed E-state index contributed by atoms with van der Waals surface area (Å²) in [4.78, 5) is 16.9. The van der Waals surface area contributed by atoms with Crippen LogP contribution in [0.4, 0.5) is 8.78 Å². The monoisotopic (exact) mass is 486 g/mol. The van der Waals surface area contributed by atoms with Gasteiger partial charge in [0.15, 0.2) is 0 Å². The maximum Gasteiger partial charge on any atom is 0.255 e. The van der Waals surface area contributed by atoms with Gasteiger partial charge in [0.25, 0.3) is 5.91 Å². The number of amides is 1. The standard InChI is InChI=1S/C23H21ClF2N6O2/c1-13-18(10-28-31-13)22(33)30-14(2)23(34,19-8-7-17(25)9-20(19)26)21(32-12-27-11-29-32)15-3-5-16(24)6-4-15/h3-12,14,21,34H,1-2H3,(H,28,31)(H,30,33)/t14-,21?,23-/m1/s1. The van der Waals surface area contributed by atoms with Crippen molar-refractivity contribution in [3.8, 4) is 0 Å². The first-order valence-electron chi connectivity index (χ1n) is 10.3. The number of carbonyl (C=O) groups excluding carboxylic acids is 1. The van der Waals surface area contributed by atoms with Crippen molar-refractivity contribution in [2.45, 2.75) is 31.5 Å². The molecule has 1 unspecified atom stereocenters. The molecule has 0 aliphatic rings. The number of H-pyrrole nitrogens is 1. The maximum atomic E-state index is 15.2. The number of aryl methyl sites for hydroxylation is 1. The first-order chi connectivity index (χ1) is 16.2. The van der Waals surface area contributed by atoms with Crippen LogP contribution in [0.2, 0.25) is 5.02 Å². The second-order valence-electron chi connectivity index (χ2n) is 7.88. The van der Waals surface area contributed by atoms with Crippen LogP contribution in [0.25, 0.3) is 0 Å². The largest absolute Gasteiger partial charge is 0.380 e. The number of benzene rings is 2. The molecule has 176 valence electrons. The summed E-state index contributed by atoms with van der Waals surface area (Å²) in [6.07, 6.45) is 3.98. The zero-order chi connectivity index (χ0) is 24.5. The third-order valence-electron chi connectivity index (χ3n) is 5.75. The predicted molar refractivity (Wildman–Crippen MR) is 120 cm³/mol. The summed E-state index contributed by atoms with van der Waals surface area (Å²) in [5.74, 6) is -2.33. The Balaban J connectivity index is 1.89. The average Bonchev–Trinajstić information content (AvgIpc) is 3.47. The summed E-state index contributed by atoms with van der Waals surface area (Å²) in [6, 6.07) is 7.21. The van der Waals surface area contributed by atoms with Crippen molar-refractivity contribution in [2.75, 3.05) is 0 Å². The normalized spacial score (nSPS) is 14.9. The summed E-state index contributed by atoms with van der Waals surface area (Å²) in [7, 11) is 0. The van der Waals surface area contributed by atoms with Gasteiger partial charge in [-0.2, -0.15) is 10.2 Å². The minimum absolute atomic E-state index is 0.235. The lowest BCUT2D eigenvalue weighted by Gasteiger charge is -2.41. The fraction of sp³-hybridized carbons (Fsp3) is 0.217. The van der Waals surface area contributed by atoms with Crippen molar-refractivity contribution < 1.29 is 18.7 Å². The van der Waals surface area contributed by atoms with Crippen LogP contribution in [0.5, 0.6) is 0 Å². The van der Waals surface area contributed by atoms with Gasteiger partial charge in [-0.25, -0.2) is 18.4 Å². The molecule has 1 amide bonds. The van der Waals surface area contributed by atoms with E-state index in [1.807, 2.05) is 0 Å². The Morgan fingerprint density at radius 1 is 1.24 bits per heavy atom. The van der Waals surface area contributed by atoms with Gasteiger partial charge >= 0.3 is 0 Å². The highest BCUT2D eigenvalue weighted by atomic mass is 35.5. The zero-order valence-corrected chi connectivity index (χ0v) is 19.0. The molecule has 0 bridgehead atoms. The predicted octanol–water partition coefficient (Wildman–Crippen LogP) is 3.54. The summed E-state index contributed by atoms with van der Waals surface area (Å²) in [6.45, 7) is 3.19. The van der Waals surface area contributed by atoms with Crippen LogP contribution in [0.1, 0.15) is 40.1 Å². The number of nitrogens with zero attached hydrogens (tertiary/aromatic N) is 4. The highest BCUT2D eigenvalue weighted by molar-refractivity contribution is 6.30. The molecule has 2 aromatic heterocycles. The van der Waals surface area contributed by atoms with E-state index >= 15 is 4.39 Å². The molecule has 2 aromatic carbocycles. The van der Waals surface area contributed by atoms with Crippen LogP contribution in [0.15, 0.2) is 61.3 Å². The molecular formula is C23H21ClF2N6O2. The molecule has 11 heteroatoms. The molecule has 0 saturated heterocycles. The van der Waals surface area contributed by atoms with Crippen molar-refractivity contribution >= 4 is 17.5 Å². The number of aliphatic hydroxyl groups is 1. The van der Waals surface area contributed by atoms with Crippen LogP contribution >= 0.6 is 11.6 Å². The van der Waals surface area contributed by atoms with E-state index in [1.165, 1.54) is 30.5 Å². The number of aromatic nitrogens is 5. The topological polar surface area (TPSA) is 109 Å². The maximum absolute atomic E-state index is 15.2. The molecule has 0 aliphatic heterocycles. The first kappa shape index (κ1) is 23.5. The molecule has 8 nitrogen and oxygen atoms in total. The van der Waals surface area contributed by atoms with Gasteiger partial charge < -0.3 is 10.4 Å². The van der Waals surface area contributed by atoms with E-state index in [-0.39, 0.29) is 11.1 Å². The Hall–Kier alpha value is -3.63. The molecule has 2 heterocycles. The van der Waals surface area contributed by atoms with Crippen molar-refractivity contribution in [1.82, 2.24) is 30.3 Å². The lowest BCUT2D eigenvalue weighted by Crippen LogP contribution is -2.54. The fourth-order valence-corrected chi connectivity index (χ4v) is 4.13. The van der Waals surface area contributed by atoms with Crippen LogP contribution in [0.3, 0.4) is 0 Å². The number of aromatic amines is 1. The molecule has 0 fully saturated rings. The molecule has 0 saturated carbocycles. The number of hydrogen-bond donors (Lipinski definition) is 3. The smallest absolute Gasteiger partial charge is 0.255 e. The van der Waals surface area contributed by atoms with E-state index in [9.17, 15) is 14.3 Å². The number of hydrogen-bond acceptors (Lipinski definition) is 5. The molecule has 3 N–H and O–H groups in total. The highest BCUT2D eigenvalue weighted by Crippen LogP contribution is 2.42. The Kier molecular flexibility index (Phi) is 6.45. The minimum atomic E-state index is -2.15. The van der Waals surface area contributed by atoms with Gasteiger partial charge in [-0.1, -0.05) is 29.8 Å². The van der Waals surface area contributed by atoms with Gasteiger partial charge in [0, 0.05) is 22.3 Å². The lowest BCUT2D eigenvalue weighted by molar-refractivity contribution is -0.0381. The van der Waals surface area contributed by atoms with Gasteiger partial charge in [0.2, 0.25) is 0 Å². The lowest BCUT2D eigenvalue weighted by atomic mass is 9.77. The molecule has 34 heavy (non-hydrogen) atoms. The number of carbonyl (C=O) groups is 1. The highest BCUT2D eigenvalue weighted by Gasteiger charge is 2.48. The van der Waals surface area contributed by atoms with E-state index in [2.05, 4.69) is 25.6 Å². The quantitative estimate of drug-likeness (QED) is 0.370. The summed E-state index contributed by atoms with van der Waals surface area (Å²) >= 11 is 6.05. The number of rotatable bonds is 7. The summed E-state index contributed by atoms with van der Waals surface area (Å²) in [5, 5.41) is 26.1. The van der Waals surface area contributed by atoms with Crippen molar-refractivity contribution in [2.24, 2.45) is 0 Å². The molecule has 0 radical (unpaired) electrons. The second kappa shape index (κ2) is 9.32. The van der Waals surface area contributed by atoms with E-state index in [1.54, 1.807) is 31.2 Å². The SMILES string of the molecule is Cc1[nH]ncc1C(=O)N[C@H](C)[C@@](O)(c1ccc(F)cc1F)C(c1ccc(Cl)cc1)n1cncn1. The van der Waals surface area contributed by atoms with Gasteiger partial charge in [0.1, 0.15) is 35.9 Å². The van der Waals surface area contributed by atoms with Crippen LogP contribution < -0.4 is 5.32 Å².